The molecule has 4 nitrogen and oxygen atoms in total. The Morgan fingerprint density at radius 2 is 2.05 bits per heavy atom. The van der Waals surface area contributed by atoms with Crippen molar-refractivity contribution in [3.05, 3.63) is 29.3 Å². The molecule has 0 amide bonds. The summed E-state index contributed by atoms with van der Waals surface area (Å²) in [6.45, 7) is 4.61. The lowest BCUT2D eigenvalue weighted by molar-refractivity contribution is 0.148. The number of sulfone groups is 1. The molecule has 2 heterocycles. The van der Waals surface area contributed by atoms with E-state index in [1.807, 2.05) is 12.1 Å². The first-order chi connectivity index (χ1) is 9.98. The van der Waals surface area contributed by atoms with Gasteiger partial charge in [-0.2, -0.15) is 0 Å². The van der Waals surface area contributed by atoms with E-state index >= 15 is 0 Å². The maximum absolute atomic E-state index is 11.6. The van der Waals surface area contributed by atoms with Crippen LogP contribution in [-0.4, -0.2) is 33.1 Å². The summed E-state index contributed by atoms with van der Waals surface area (Å²) >= 11 is 0. The fourth-order valence-electron chi connectivity index (χ4n) is 3.04. The van der Waals surface area contributed by atoms with Gasteiger partial charge in [0.1, 0.15) is 15.6 Å². The van der Waals surface area contributed by atoms with Crippen LogP contribution in [0.1, 0.15) is 30.9 Å². The van der Waals surface area contributed by atoms with Crippen LogP contribution in [0.2, 0.25) is 0 Å². The number of nitrogens with one attached hydrogen (secondary N) is 1. The molecule has 1 aromatic carbocycles. The molecule has 0 aromatic heterocycles. The Labute approximate surface area is 126 Å². The molecular weight excluding hydrogens is 286 g/mol. The fourth-order valence-corrected chi connectivity index (χ4v) is 4.86. The van der Waals surface area contributed by atoms with Gasteiger partial charge in [-0.05, 0) is 37.4 Å². The Bertz CT molecular complexity index is 610. The zero-order valence-electron chi connectivity index (χ0n) is 12.5. The third kappa shape index (κ3) is 3.40. The van der Waals surface area contributed by atoms with Crippen molar-refractivity contribution in [2.45, 2.75) is 32.7 Å². The summed E-state index contributed by atoms with van der Waals surface area (Å²) in [6, 6.07) is 6.24. The highest BCUT2D eigenvalue weighted by Gasteiger charge is 2.34. The van der Waals surface area contributed by atoms with E-state index in [-0.39, 0.29) is 5.41 Å². The average Bonchev–Trinajstić information content (AvgIpc) is 2.49. The van der Waals surface area contributed by atoms with Crippen molar-refractivity contribution in [2.75, 3.05) is 24.7 Å². The van der Waals surface area contributed by atoms with Gasteiger partial charge in [0, 0.05) is 17.5 Å². The summed E-state index contributed by atoms with van der Waals surface area (Å²) in [5.41, 5.74) is 2.59. The van der Waals surface area contributed by atoms with Gasteiger partial charge in [-0.15, -0.1) is 0 Å². The van der Waals surface area contributed by atoms with Gasteiger partial charge in [-0.25, -0.2) is 8.42 Å². The maximum atomic E-state index is 11.6. The van der Waals surface area contributed by atoms with Crippen LogP contribution in [0.15, 0.2) is 18.2 Å². The second-order valence-electron chi connectivity index (χ2n) is 6.57. The van der Waals surface area contributed by atoms with Crippen molar-refractivity contribution in [1.82, 2.24) is 5.32 Å². The summed E-state index contributed by atoms with van der Waals surface area (Å²) < 4.78 is 29.2. The fraction of sp³-hybridized carbons (Fsp3) is 0.625. The molecule has 1 fully saturated rings. The number of benzene rings is 1. The number of fused-ring (bicyclic) bond motifs is 1. The van der Waals surface area contributed by atoms with E-state index in [0.29, 0.717) is 31.0 Å². The molecule has 116 valence electrons. The summed E-state index contributed by atoms with van der Waals surface area (Å²) in [4.78, 5) is 0. The van der Waals surface area contributed by atoms with E-state index in [2.05, 4.69) is 18.3 Å². The highest BCUT2D eigenvalue weighted by Crippen LogP contribution is 2.34. The SMILES string of the molecule is CC1(COc2cccc3c2CNCC3)CCS(=O)(=O)CC1. The molecule has 0 saturated carbocycles. The van der Waals surface area contributed by atoms with Gasteiger partial charge < -0.3 is 10.1 Å². The average molecular weight is 309 g/mol. The first-order valence-electron chi connectivity index (χ1n) is 7.62. The topological polar surface area (TPSA) is 55.4 Å². The highest BCUT2D eigenvalue weighted by atomic mass is 32.2. The molecule has 5 heteroatoms. The predicted octanol–water partition coefficient (Wildman–Crippen LogP) is 1.93. The van der Waals surface area contributed by atoms with Crippen LogP contribution in [0, 0.1) is 5.41 Å². The van der Waals surface area contributed by atoms with E-state index < -0.39 is 9.84 Å². The van der Waals surface area contributed by atoms with Crippen LogP contribution in [0.25, 0.3) is 0 Å². The van der Waals surface area contributed by atoms with Crippen molar-refractivity contribution in [3.63, 3.8) is 0 Å². The molecule has 0 bridgehead atoms. The smallest absolute Gasteiger partial charge is 0.150 e. The monoisotopic (exact) mass is 309 g/mol. The molecule has 3 rings (SSSR count). The van der Waals surface area contributed by atoms with Crippen molar-refractivity contribution in [1.29, 1.82) is 0 Å². The lowest BCUT2D eigenvalue weighted by Crippen LogP contribution is -2.36. The van der Waals surface area contributed by atoms with Crippen molar-refractivity contribution >= 4 is 9.84 Å². The summed E-state index contributed by atoms with van der Waals surface area (Å²) in [6.07, 6.45) is 2.44. The lowest BCUT2D eigenvalue weighted by Gasteiger charge is -2.33. The van der Waals surface area contributed by atoms with Gasteiger partial charge in [0.25, 0.3) is 0 Å². The predicted molar refractivity (Wildman–Crippen MR) is 83.3 cm³/mol. The van der Waals surface area contributed by atoms with Crippen molar-refractivity contribution < 1.29 is 13.2 Å². The Morgan fingerprint density at radius 1 is 1.29 bits per heavy atom. The Hall–Kier alpha value is -1.07. The maximum Gasteiger partial charge on any atom is 0.150 e. The second kappa shape index (κ2) is 5.61. The minimum absolute atomic E-state index is 0.0316. The molecule has 0 atom stereocenters. The summed E-state index contributed by atoms with van der Waals surface area (Å²) in [5.74, 6) is 1.54. The molecule has 0 radical (unpaired) electrons. The van der Waals surface area contributed by atoms with E-state index in [0.717, 1.165) is 25.3 Å². The number of ether oxygens (including phenoxy) is 1. The van der Waals surface area contributed by atoms with Gasteiger partial charge in [0.2, 0.25) is 0 Å². The van der Waals surface area contributed by atoms with Crippen molar-refractivity contribution in [3.8, 4) is 5.75 Å². The Balaban J connectivity index is 1.68. The number of hydrogen-bond donors (Lipinski definition) is 1. The van der Waals surface area contributed by atoms with Crippen LogP contribution in [-0.2, 0) is 22.8 Å². The minimum Gasteiger partial charge on any atom is -0.493 e. The molecule has 0 aliphatic carbocycles. The van der Waals surface area contributed by atoms with Crippen LogP contribution >= 0.6 is 0 Å². The molecule has 21 heavy (non-hydrogen) atoms. The first kappa shape index (κ1) is 14.9. The van der Waals surface area contributed by atoms with Crippen molar-refractivity contribution in [2.24, 2.45) is 5.41 Å². The Kier molecular flexibility index (Phi) is 3.97. The quantitative estimate of drug-likeness (QED) is 0.927. The molecule has 1 N–H and O–H groups in total. The molecule has 2 aliphatic rings. The third-order valence-electron chi connectivity index (χ3n) is 4.71. The van der Waals surface area contributed by atoms with E-state index in [1.165, 1.54) is 11.1 Å². The van der Waals surface area contributed by atoms with Crippen LogP contribution in [0.4, 0.5) is 0 Å². The minimum atomic E-state index is -2.82. The van der Waals surface area contributed by atoms with Crippen LogP contribution < -0.4 is 10.1 Å². The number of hydrogen-bond acceptors (Lipinski definition) is 4. The molecule has 1 saturated heterocycles. The summed E-state index contributed by atoms with van der Waals surface area (Å²) in [5, 5.41) is 3.38. The van der Waals surface area contributed by atoms with Gasteiger partial charge in [0.15, 0.2) is 0 Å². The van der Waals surface area contributed by atoms with E-state index in [1.54, 1.807) is 0 Å². The molecule has 0 spiro atoms. The normalized spacial score (nSPS) is 23.3. The van der Waals surface area contributed by atoms with Crippen LogP contribution in [0.3, 0.4) is 0 Å². The standard InChI is InChI=1S/C16H23NO3S/c1-16(6-9-21(18,19)10-7-16)12-20-15-4-2-3-13-5-8-17-11-14(13)15/h2-4,17H,5-12H2,1H3. The third-order valence-corrected chi connectivity index (χ3v) is 6.36. The van der Waals surface area contributed by atoms with E-state index in [9.17, 15) is 8.42 Å². The molecule has 0 unspecified atom stereocenters. The molecular formula is C16H23NO3S. The zero-order chi connectivity index (χ0) is 14.9. The van der Waals surface area contributed by atoms with Gasteiger partial charge in [0.05, 0.1) is 18.1 Å². The van der Waals surface area contributed by atoms with Crippen LogP contribution in [0.5, 0.6) is 5.75 Å². The second-order valence-corrected chi connectivity index (χ2v) is 8.88. The highest BCUT2D eigenvalue weighted by molar-refractivity contribution is 7.91. The summed E-state index contributed by atoms with van der Waals surface area (Å²) in [7, 11) is -2.82. The zero-order valence-corrected chi connectivity index (χ0v) is 13.3. The Morgan fingerprint density at radius 3 is 2.81 bits per heavy atom. The van der Waals surface area contributed by atoms with Gasteiger partial charge in [-0.3, -0.25) is 0 Å². The molecule has 2 aliphatic heterocycles. The van der Waals surface area contributed by atoms with Gasteiger partial charge in [-0.1, -0.05) is 19.1 Å². The lowest BCUT2D eigenvalue weighted by atomic mass is 9.85. The van der Waals surface area contributed by atoms with Gasteiger partial charge >= 0.3 is 0 Å². The molecule has 1 aromatic rings. The first-order valence-corrected chi connectivity index (χ1v) is 9.44. The van der Waals surface area contributed by atoms with E-state index in [4.69, 9.17) is 4.74 Å². The largest absolute Gasteiger partial charge is 0.493 e. The number of rotatable bonds is 3.